The Hall–Kier alpha value is -2.38. The van der Waals surface area contributed by atoms with Crippen molar-refractivity contribution in [3.63, 3.8) is 0 Å². The van der Waals surface area contributed by atoms with Gasteiger partial charge in [0.25, 0.3) is 0 Å². The van der Waals surface area contributed by atoms with Gasteiger partial charge >= 0.3 is 0 Å². The number of benzene rings is 1. The number of nitrogens with one attached hydrogen (secondary N) is 3. The fraction of sp³-hybridized carbons (Fsp3) is 0.312. The molecule has 24 heavy (non-hydrogen) atoms. The van der Waals surface area contributed by atoms with Crippen molar-refractivity contribution in [2.45, 2.75) is 6.42 Å². The van der Waals surface area contributed by atoms with E-state index in [0.29, 0.717) is 12.2 Å². The summed E-state index contributed by atoms with van der Waals surface area (Å²) < 4.78 is 1.74. The van der Waals surface area contributed by atoms with Crippen molar-refractivity contribution >= 4 is 29.9 Å². The number of rotatable bonds is 5. The van der Waals surface area contributed by atoms with Crippen LogP contribution in [0.3, 0.4) is 0 Å². The van der Waals surface area contributed by atoms with Gasteiger partial charge in [-0.05, 0) is 43.3 Å². The third kappa shape index (κ3) is 4.56. The molecule has 1 atom stereocenters. The predicted molar refractivity (Wildman–Crippen MR) is 93.4 cm³/mol. The van der Waals surface area contributed by atoms with E-state index in [1.165, 1.54) is 0 Å². The third-order valence-electron chi connectivity index (χ3n) is 3.77. The van der Waals surface area contributed by atoms with E-state index in [0.717, 1.165) is 18.7 Å². The number of anilines is 1. The first kappa shape index (κ1) is 18.0. The summed E-state index contributed by atoms with van der Waals surface area (Å²) in [5, 5.41) is 12.7. The molecule has 1 saturated heterocycles. The van der Waals surface area contributed by atoms with Gasteiger partial charge in [-0.25, -0.2) is 4.68 Å². The topological polar surface area (TPSA) is 88.0 Å². The van der Waals surface area contributed by atoms with Crippen LogP contribution >= 0.6 is 12.4 Å². The van der Waals surface area contributed by atoms with Crippen molar-refractivity contribution in [2.75, 3.05) is 25.0 Å². The number of carbonyl (C=O) groups excluding carboxylic acids is 2. The van der Waals surface area contributed by atoms with Crippen molar-refractivity contribution in [1.29, 1.82) is 0 Å². The number of nitrogens with zero attached hydrogens (tertiary/aromatic N) is 2. The molecule has 1 aliphatic heterocycles. The van der Waals surface area contributed by atoms with Crippen LogP contribution in [-0.4, -0.2) is 41.2 Å². The van der Waals surface area contributed by atoms with Crippen LogP contribution in [0.4, 0.5) is 5.69 Å². The van der Waals surface area contributed by atoms with Crippen LogP contribution in [0.1, 0.15) is 6.42 Å². The highest BCUT2D eigenvalue weighted by atomic mass is 35.5. The first-order valence-electron chi connectivity index (χ1n) is 7.61. The van der Waals surface area contributed by atoms with Crippen molar-refractivity contribution in [3.8, 4) is 5.69 Å². The van der Waals surface area contributed by atoms with Gasteiger partial charge in [0.05, 0.1) is 18.2 Å². The van der Waals surface area contributed by atoms with E-state index < -0.39 is 0 Å². The monoisotopic (exact) mass is 349 g/mol. The number of halogens is 1. The Labute approximate surface area is 146 Å². The highest BCUT2D eigenvalue weighted by Crippen LogP contribution is 2.12. The molecule has 0 bridgehead atoms. The van der Waals surface area contributed by atoms with Gasteiger partial charge in [-0.2, -0.15) is 5.10 Å². The number of amides is 2. The van der Waals surface area contributed by atoms with E-state index in [1.807, 2.05) is 24.4 Å². The van der Waals surface area contributed by atoms with Crippen LogP contribution < -0.4 is 16.0 Å². The lowest BCUT2D eigenvalue weighted by molar-refractivity contribution is -0.126. The quantitative estimate of drug-likeness (QED) is 0.750. The Kier molecular flexibility index (Phi) is 6.34. The lowest BCUT2D eigenvalue weighted by Crippen LogP contribution is -2.37. The second-order valence-electron chi connectivity index (χ2n) is 5.45. The van der Waals surface area contributed by atoms with E-state index in [1.54, 1.807) is 23.0 Å². The van der Waals surface area contributed by atoms with E-state index in [4.69, 9.17) is 0 Å². The number of hydrogen-bond acceptors (Lipinski definition) is 4. The Morgan fingerprint density at radius 3 is 2.71 bits per heavy atom. The highest BCUT2D eigenvalue weighted by molar-refractivity contribution is 5.94. The first-order valence-corrected chi connectivity index (χ1v) is 7.61. The number of aromatic nitrogens is 2. The molecule has 0 radical (unpaired) electrons. The van der Waals surface area contributed by atoms with Crippen molar-refractivity contribution in [2.24, 2.45) is 5.92 Å². The fourth-order valence-corrected chi connectivity index (χ4v) is 2.51. The molecule has 1 aliphatic rings. The molecule has 0 spiro atoms. The van der Waals surface area contributed by atoms with Crippen molar-refractivity contribution in [3.05, 3.63) is 42.7 Å². The predicted octanol–water partition coefficient (Wildman–Crippen LogP) is 0.958. The van der Waals surface area contributed by atoms with E-state index in [2.05, 4.69) is 21.0 Å². The van der Waals surface area contributed by atoms with E-state index in [9.17, 15) is 9.59 Å². The minimum Gasteiger partial charge on any atom is -0.347 e. The van der Waals surface area contributed by atoms with Crippen molar-refractivity contribution < 1.29 is 9.59 Å². The number of hydrogen-bond donors (Lipinski definition) is 3. The van der Waals surface area contributed by atoms with Gasteiger partial charge in [0.2, 0.25) is 11.8 Å². The molecule has 3 rings (SSSR count). The zero-order valence-electron chi connectivity index (χ0n) is 13.1. The van der Waals surface area contributed by atoms with Gasteiger partial charge in [-0.1, -0.05) is 0 Å². The summed E-state index contributed by atoms with van der Waals surface area (Å²) in [6.45, 7) is 1.52. The van der Waals surface area contributed by atoms with Gasteiger partial charge in [0, 0.05) is 24.6 Å². The molecule has 2 heterocycles. The van der Waals surface area contributed by atoms with Gasteiger partial charge in [0.15, 0.2) is 0 Å². The standard InChI is InChI=1S/C16H19N5O2.ClH/c22-15(11-18-16(23)12-6-8-17-10-12)20-13-2-4-14(5-3-13)21-9-1-7-19-21;/h1-5,7,9,12,17H,6,8,10-11H2,(H,18,23)(H,20,22);1H. The summed E-state index contributed by atoms with van der Waals surface area (Å²) in [5.74, 6) is -0.341. The molecule has 7 nitrogen and oxygen atoms in total. The van der Waals surface area contributed by atoms with Crippen molar-refractivity contribution in [1.82, 2.24) is 20.4 Å². The molecule has 1 aromatic heterocycles. The molecule has 1 aromatic carbocycles. The first-order chi connectivity index (χ1) is 11.2. The van der Waals surface area contributed by atoms with Crippen LogP contribution in [0.2, 0.25) is 0 Å². The summed E-state index contributed by atoms with van der Waals surface area (Å²) in [6.07, 6.45) is 4.38. The van der Waals surface area contributed by atoms with E-state index in [-0.39, 0.29) is 36.7 Å². The second kappa shape index (κ2) is 8.47. The Balaban J connectivity index is 0.00000208. The summed E-state index contributed by atoms with van der Waals surface area (Å²) >= 11 is 0. The zero-order valence-corrected chi connectivity index (χ0v) is 13.9. The second-order valence-corrected chi connectivity index (χ2v) is 5.45. The molecule has 1 fully saturated rings. The minimum atomic E-state index is -0.240. The SMILES string of the molecule is Cl.O=C(CNC(=O)C1CCNC1)Nc1ccc(-n2cccn2)cc1. The molecular formula is C16H20ClN5O2. The van der Waals surface area contributed by atoms with Gasteiger partial charge in [0.1, 0.15) is 0 Å². The minimum absolute atomic E-state index is 0. The largest absolute Gasteiger partial charge is 0.347 e. The molecular weight excluding hydrogens is 330 g/mol. The molecule has 128 valence electrons. The van der Waals surface area contributed by atoms with Crippen LogP contribution in [0.15, 0.2) is 42.7 Å². The van der Waals surface area contributed by atoms with Crippen LogP contribution in [0.5, 0.6) is 0 Å². The fourth-order valence-electron chi connectivity index (χ4n) is 2.51. The average Bonchev–Trinajstić information content (AvgIpc) is 3.26. The van der Waals surface area contributed by atoms with Crippen LogP contribution in [0, 0.1) is 5.92 Å². The van der Waals surface area contributed by atoms with Gasteiger partial charge < -0.3 is 16.0 Å². The summed E-state index contributed by atoms with van der Waals surface area (Å²) in [7, 11) is 0. The molecule has 2 amide bonds. The molecule has 0 saturated carbocycles. The van der Waals surface area contributed by atoms with Crippen LogP contribution in [0.25, 0.3) is 5.69 Å². The van der Waals surface area contributed by atoms with Gasteiger partial charge in [-0.15, -0.1) is 12.4 Å². The lowest BCUT2D eigenvalue weighted by atomic mass is 10.1. The normalized spacial score (nSPS) is 16.2. The Bertz CT molecular complexity index is 666. The molecule has 8 heteroatoms. The summed E-state index contributed by atoms with van der Waals surface area (Å²) in [5.41, 5.74) is 1.60. The summed E-state index contributed by atoms with van der Waals surface area (Å²) in [6, 6.07) is 9.18. The Morgan fingerprint density at radius 2 is 2.08 bits per heavy atom. The maximum Gasteiger partial charge on any atom is 0.243 e. The molecule has 0 aliphatic carbocycles. The number of carbonyl (C=O) groups is 2. The summed E-state index contributed by atoms with van der Waals surface area (Å²) in [4.78, 5) is 23.7. The lowest BCUT2D eigenvalue weighted by Gasteiger charge is -2.10. The highest BCUT2D eigenvalue weighted by Gasteiger charge is 2.22. The average molecular weight is 350 g/mol. The molecule has 3 N–H and O–H groups in total. The maximum atomic E-state index is 11.9. The third-order valence-corrected chi connectivity index (χ3v) is 3.77. The van der Waals surface area contributed by atoms with E-state index >= 15 is 0 Å². The smallest absolute Gasteiger partial charge is 0.243 e. The van der Waals surface area contributed by atoms with Gasteiger partial charge in [-0.3, -0.25) is 9.59 Å². The molecule has 2 aromatic rings. The molecule has 1 unspecified atom stereocenters. The zero-order chi connectivity index (χ0) is 16.1. The maximum absolute atomic E-state index is 11.9. The van der Waals surface area contributed by atoms with Crippen LogP contribution in [-0.2, 0) is 9.59 Å². The Morgan fingerprint density at radius 1 is 1.29 bits per heavy atom.